The second kappa shape index (κ2) is 7.79. The van der Waals surface area contributed by atoms with Crippen molar-refractivity contribution in [2.45, 2.75) is 37.2 Å². The van der Waals surface area contributed by atoms with E-state index in [0.29, 0.717) is 40.9 Å². The first-order valence-electron chi connectivity index (χ1n) is 8.05. The molecule has 1 atom stereocenters. The zero-order valence-corrected chi connectivity index (χ0v) is 15.2. The molecule has 0 saturated heterocycles. The number of fused-ring (bicyclic) bond motifs is 1. The Morgan fingerprint density at radius 2 is 2.12 bits per heavy atom. The Morgan fingerprint density at radius 1 is 1.32 bits per heavy atom. The van der Waals surface area contributed by atoms with Gasteiger partial charge in [-0.1, -0.05) is 29.1 Å². The predicted molar refractivity (Wildman–Crippen MR) is 95.8 cm³/mol. The van der Waals surface area contributed by atoms with Gasteiger partial charge in [-0.3, -0.25) is 9.36 Å². The molecular formula is C17H20N4O3S. The molecule has 0 fully saturated rings. The quantitative estimate of drug-likeness (QED) is 0.364. The molecule has 3 aromatic rings. The molecule has 0 bridgehead atoms. The maximum Gasteiger partial charge on any atom is 0.262 e. The van der Waals surface area contributed by atoms with Crippen LogP contribution in [0.5, 0.6) is 0 Å². The molecule has 8 heteroatoms. The van der Waals surface area contributed by atoms with Crippen molar-refractivity contribution in [3.05, 3.63) is 46.3 Å². The van der Waals surface area contributed by atoms with E-state index >= 15 is 0 Å². The third-order valence-corrected chi connectivity index (χ3v) is 4.81. The number of ether oxygens (including phenoxy) is 1. The summed E-state index contributed by atoms with van der Waals surface area (Å²) in [6.07, 6.45) is 0.734. The summed E-state index contributed by atoms with van der Waals surface area (Å²) < 4.78 is 12.0. The van der Waals surface area contributed by atoms with E-state index in [-0.39, 0.29) is 10.8 Å². The van der Waals surface area contributed by atoms with Gasteiger partial charge in [0.1, 0.15) is 0 Å². The van der Waals surface area contributed by atoms with Crippen LogP contribution in [0.25, 0.3) is 10.9 Å². The number of hydrogen-bond acceptors (Lipinski definition) is 7. The summed E-state index contributed by atoms with van der Waals surface area (Å²) in [5.41, 5.74) is 0.644. The van der Waals surface area contributed by atoms with Crippen molar-refractivity contribution in [2.75, 3.05) is 13.7 Å². The summed E-state index contributed by atoms with van der Waals surface area (Å²) in [7, 11) is 1.65. The van der Waals surface area contributed by atoms with Crippen molar-refractivity contribution in [1.29, 1.82) is 0 Å². The zero-order chi connectivity index (χ0) is 17.8. The number of benzene rings is 1. The van der Waals surface area contributed by atoms with Gasteiger partial charge in [-0.05, 0) is 32.4 Å². The minimum atomic E-state index is -0.108. The van der Waals surface area contributed by atoms with Crippen LogP contribution in [0.1, 0.15) is 30.3 Å². The standard InChI is InChI=1S/C17H20N4O3S/c1-11(15-18-12(2)20-24-15)25-17-19-14-8-5-4-7-13(14)16(22)21(17)9-6-10-23-3/h4-5,7-8,11H,6,9-10H2,1-3H3. The molecule has 2 aromatic heterocycles. The first kappa shape index (κ1) is 17.6. The average Bonchev–Trinajstić information content (AvgIpc) is 3.04. The van der Waals surface area contributed by atoms with Crippen molar-refractivity contribution >= 4 is 22.7 Å². The van der Waals surface area contributed by atoms with Gasteiger partial charge in [0.15, 0.2) is 11.0 Å². The molecule has 0 aliphatic heterocycles. The highest BCUT2D eigenvalue weighted by Crippen LogP contribution is 2.33. The van der Waals surface area contributed by atoms with Gasteiger partial charge in [-0.15, -0.1) is 0 Å². The molecule has 2 heterocycles. The lowest BCUT2D eigenvalue weighted by molar-refractivity contribution is 0.189. The molecule has 25 heavy (non-hydrogen) atoms. The fraction of sp³-hybridized carbons (Fsp3) is 0.412. The highest BCUT2D eigenvalue weighted by Gasteiger charge is 2.19. The molecule has 0 N–H and O–H groups in total. The number of para-hydroxylation sites is 1. The summed E-state index contributed by atoms with van der Waals surface area (Å²) in [5.74, 6) is 1.11. The normalized spacial score (nSPS) is 12.6. The molecule has 0 amide bonds. The molecule has 1 unspecified atom stereocenters. The average molecular weight is 360 g/mol. The van der Waals surface area contributed by atoms with Crippen LogP contribution in [0.3, 0.4) is 0 Å². The third-order valence-electron chi connectivity index (χ3n) is 3.73. The van der Waals surface area contributed by atoms with E-state index < -0.39 is 0 Å². The van der Waals surface area contributed by atoms with Crippen molar-refractivity contribution < 1.29 is 9.26 Å². The fourth-order valence-electron chi connectivity index (χ4n) is 2.49. The topological polar surface area (TPSA) is 83.0 Å². The van der Waals surface area contributed by atoms with Crippen LogP contribution in [-0.2, 0) is 11.3 Å². The van der Waals surface area contributed by atoms with E-state index in [2.05, 4.69) is 15.1 Å². The number of aryl methyl sites for hydroxylation is 1. The molecule has 3 rings (SSSR count). The largest absolute Gasteiger partial charge is 0.385 e. The Kier molecular flexibility index (Phi) is 5.50. The molecule has 0 aliphatic carbocycles. The lowest BCUT2D eigenvalue weighted by atomic mass is 10.2. The Labute approximate surface area is 149 Å². The highest BCUT2D eigenvalue weighted by molar-refractivity contribution is 7.99. The van der Waals surface area contributed by atoms with Gasteiger partial charge in [-0.25, -0.2) is 4.98 Å². The minimum Gasteiger partial charge on any atom is -0.385 e. The molecule has 0 saturated carbocycles. The molecule has 132 valence electrons. The first-order chi connectivity index (χ1) is 12.1. The highest BCUT2D eigenvalue weighted by atomic mass is 32.2. The van der Waals surface area contributed by atoms with Crippen LogP contribution in [0.15, 0.2) is 38.7 Å². The summed E-state index contributed by atoms with van der Waals surface area (Å²) in [6, 6.07) is 7.38. The van der Waals surface area contributed by atoms with Gasteiger partial charge in [0, 0.05) is 20.3 Å². The van der Waals surface area contributed by atoms with Gasteiger partial charge in [0.05, 0.1) is 16.2 Å². The van der Waals surface area contributed by atoms with E-state index in [0.717, 1.165) is 6.42 Å². The SMILES string of the molecule is COCCCn1c(SC(C)c2nc(C)no2)nc2ccccc2c1=O. The third kappa shape index (κ3) is 3.91. The minimum absolute atomic E-state index is 0.0434. The summed E-state index contributed by atoms with van der Waals surface area (Å²) in [6.45, 7) is 4.86. The van der Waals surface area contributed by atoms with Crippen molar-refractivity contribution in [3.8, 4) is 0 Å². The maximum absolute atomic E-state index is 12.9. The van der Waals surface area contributed by atoms with Crippen LogP contribution in [0.2, 0.25) is 0 Å². The van der Waals surface area contributed by atoms with Crippen LogP contribution < -0.4 is 5.56 Å². The summed E-state index contributed by atoms with van der Waals surface area (Å²) >= 11 is 1.44. The predicted octanol–water partition coefficient (Wildman–Crippen LogP) is 2.98. The molecule has 7 nitrogen and oxygen atoms in total. The van der Waals surface area contributed by atoms with Crippen LogP contribution in [-0.4, -0.2) is 33.4 Å². The second-order valence-electron chi connectivity index (χ2n) is 5.65. The van der Waals surface area contributed by atoms with Crippen LogP contribution in [0.4, 0.5) is 0 Å². The Hall–Kier alpha value is -2.19. The lowest BCUT2D eigenvalue weighted by Gasteiger charge is -2.14. The Bertz CT molecular complexity index is 922. The smallest absolute Gasteiger partial charge is 0.262 e. The number of hydrogen-bond donors (Lipinski definition) is 0. The van der Waals surface area contributed by atoms with Gasteiger partial charge >= 0.3 is 0 Å². The van der Waals surface area contributed by atoms with E-state index in [1.165, 1.54) is 11.8 Å². The van der Waals surface area contributed by atoms with Crippen LogP contribution >= 0.6 is 11.8 Å². The number of thioether (sulfide) groups is 1. The molecule has 0 aliphatic rings. The van der Waals surface area contributed by atoms with E-state index in [4.69, 9.17) is 9.26 Å². The van der Waals surface area contributed by atoms with E-state index in [1.807, 2.05) is 25.1 Å². The van der Waals surface area contributed by atoms with Gasteiger partial charge in [-0.2, -0.15) is 4.98 Å². The van der Waals surface area contributed by atoms with E-state index in [9.17, 15) is 4.79 Å². The number of nitrogens with zero attached hydrogens (tertiary/aromatic N) is 4. The number of rotatable bonds is 7. The summed E-state index contributed by atoms with van der Waals surface area (Å²) in [4.78, 5) is 21.8. The lowest BCUT2D eigenvalue weighted by Crippen LogP contribution is -2.24. The Balaban J connectivity index is 1.98. The van der Waals surface area contributed by atoms with Gasteiger partial charge < -0.3 is 9.26 Å². The second-order valence-corrected chi connectivity index (χ2v) is 6.96. The van der Waals surface area contributed by atoms with Crippen molar-refractivity contribution in [1.82, 2.24) is 19.7 Å². The molecule has 1 aromatic carbocycles. The number of aromatic nitrogens is 4. The van der Waals surface area contributed by atoms with Gasteiger partial charge in [0.25, 0.3) is 5.56 Å². The van der Waals surface area contributed by atoms with Crippen molar-refractivity contribution in [2.24, 2.45) is 0 Å². The first-order valence-corrected chi connectivity index (χ1v) is 8.93. The van der Waals surface area contributed by atoms with Gasteiger partial charge in [0.2, 0.25) is 5.89 Å². The maximum atomic E-state index is 12.9. The molecular weight excluding hydrogens is 340 g/mol. The fourth-order valence-corrected chi connectivity index (χ4v) is 3.45. The molecule has 0 radical (unpaired) electrons. The van der Waals surface area contributed by atoms with Crippen molar-refractivity contribution in [3.63, 3.8) is 0 Å². The number of methoxy groups -OCH3 is 1. The zero-order valence-electron chi connectivity index (χ0n) is 14.4. The monoisotopic (exact) mass is 360 g/mol. The summed E-state index contributed by atoms with van der Waals surface area (Å²) in [5, 5.41) is 4.97. The van der Waals surface area contributed by atoms with Crippen LogP contribution in [0, 0.1) is 6.92 Å². The van der Waals surface area contributed by atoms with E-state index in [1.54, 1.807) is 24.7 Å². The molecule has 0 spiro atoms. The Morgan fingerprint density at radius 3 is 2.84 bits per heavy atom.